The van der Waals surface area contributed by atoms with Gasteiger partial charge in [-0.15, -0.1) is 0 Å². The minimum Gasteiger partial charge on any atom is -0.456 e. The van der Waals surface area contributed by atoms with E-state index in [1.807, 2.05) is 12.1 Å². The maximum atomic E-state index is 6.34. The quantitative estimate of drug-likeness (QED) is 0.107. The van der Waals surface area contributed by atoms with Crippen molar-refractivity contribution >= 4 is 72.6 Å². The van der Waals surface area contributed by atoms with E-state index >= 15 is 0 Å². The Morgan fingerprint density at radius 3 is 1.42 bits per heavy atom. The third-order valence-corrected chi connectivity index (χ3v) is 18.4. The number of hydrogen-bond donors (Lipinski definition) is 0. The highest BCUT2D eigenvalue weighted by Gasteiger charge is 2.41. The molecule has 0 saturated heterocycles. The summed E-state index contributed by atoms with van der Waals surface area (Å²) in [4.78, 5) is 16.3. The molecule has 3 aromatic heterocycles. The van der Waals surface area contributed by atoms with E-state index < -0.39 is 8.07 Å². The van der Waals surface area contributed by atoms with Crippen LogP contribution in [0.5, 0.6) is 0 Å². The molecule has 0 aliphatic carbocycles. The van der Waals surface area contributed by atoms with Crippen molar-refractivity contribution < 1.29 is 4.42 Å². The van der Waals surface area contributed by atoms with Crippen LogP contribution >= 0.6 is 0 Å². The Kier molecular flexibility index (Phi) is 9.77. The second kappa shape index (κ2) is 16.7. The van der Waals surface area contributed by atoms with Crippen LogP contribution in [0, 0.1) is 0 Å². The second-order valence-electron chi connectivity index (χ2n) is 17.5. The average molecular weight is 899 g/mol. The molecule has 0 saturated carbocycles. The van der Waals surface area contributed by atoms with Gasteiger partial charge in [0.1, 0.15) is 11.2 Å². The molecule has 0 aliphatic rings. The van der Waals surface area contributed by atoms with Crippen molar-refractivity contribution in [1.29, 1.82) is 0 Å². The van der Waals surface area contributed by atoms with Gasteiger partial charge in [0.2, 0.25) is 0 Å². The smallest absolute Gasteiger partial charge is 0.179 e. The zero-order valence-corrected chi connectivity index (χ0v) is 38.4. The zero-order valence-electron chi connectivity index (χ0n) is 37.4. The molecule has 0 amide bonds. The van der Waals surface area contributed by atoms with Crippen LogP contribution in [0.4, 0.5) is 0 Å². The second-order valence-corrected chi connectivity index (χ2v) is 21.3. The summed E-state index contributed by atoms with van der Waals surface area (Å²) in [5.41, 5.74) is 9.74. The van der Waals surface area contributed by atoms with Gasteiger partial charge in [0.15, 0.2) is 25.5 Å². The molecular formula is C63H42N4OSi. The molecule has 69 heavy (non-hydrogen) atoms. The Labute approximate surface area is 400 Å². The molecule has 6 heteroatoms. The summed E-state index contributed by atoms with van der Waals surface area (Å²) in [5, 5.41) is 9.73. The SMILES string of the molecule is c1ccc([Si](c2ccccc2)(c2ccccc2)c2cccc(-c3nc(-c4cccc(-c5ccc6c(c5)oc5ccccc56)c4)nc(-c4ccccc4-n4c5ccccc5c5ccccc54)n3)c2)cc1. The van der Waals surface area contributed by atoms with Gasteiger partial charge in [-0.25, -0.2) is 15.0 Å². The number of aromatic nitrogens is 4. The molecule has 0 bridgehead atoms. The molecule has 0 spiro atoms. The minimum absolute atomic E-state index is 0.585. The van der Waals surface area contributed by atoms with Crippen LogP contribution in [0.3, 0.4) is 0 Å². The predicted octanol–water partition coefficient (Wildman–Crippen LogP) is 12.9. The highest BCUT2D eigenvalue weighted by atomic mass is 28.3. The van der Waals surface area contributed by atoms with E-state index in [0.29, 0.717) is 17.5 Å². The summed E-state index contributed by atoms with van der Waals surface area (Å²) in [5.74, 6) is 1.77. The summed E-state index contributed by atoms with van der Waals surface area (Å²) in [7, 11) is -2.87. The van der Waals surface area contributed by atoms with E-state index in [4.69, 9.17) is 19.4 Å². The van der Waals surface area contributed by atoms with Crippen LogP contribution in [0.25, 0.3) is 94.7 Å². The molecule has 0 radical (unpaired) electrons. The van der Waals surface area contributed by atoms with Crippen molar-refractivity contribution in [2.45, 2.75) is 0 Å². The van der Waals surface area contributed by atoms with Crippen molar-refractivity contribution in [1.82, 2.24) is 19.5 Å². The third-order valence-electron chi connectivity index (χ3n) is 13.6. The summed E-state index contributed by atoms with van der Waals surface area (Å²) in [6, 6.07) is 90.8. The Hall–Kier alpha value is -8.97. The van der Waals surface area contributed by atoms with Crippen molar-refractivity contribution in [2.75, 3.05) is 0 Å². The highest BCUT2D eigenvalue weighted by molar-refractivity contribution is 7.19. The Morgan fingerprint density at radius 2 is 0.768 bits per heavy atom. The Balaban J connectivity index is 1.03. The fourth-order valence-electron chi connectivity index (χ4n) is 10.5. The lowest BCUT2D eigenvalue weighted by molar-refractivity contribution is 0.669. The first kappa shape index (κ1) is 40.3. The van der Waals surface area contributed by atoms with E-state index in [1.54, 1.807) is 0 Å². The maximum absolute atomic E-state index is 6.34. The lowest BCUT2D eigenvalue weighted by atomic mass is 10.0. The first-order valence-corrected chi connectivity index (χ1v) is 25.3. The van der Waals surface area contributed by atoms with E-state index in [0.717, 1.165) is 66.5 Å². The van der Waals surface area contributed by atoms with Gasteiger partial charge in [-0.05, 0) is 80.4 Å². The van der Waals surface area contributed by atoms with Gasteiger partial charge in [0, 0.05) is 38.2 Å². The molecule has 0 atom stereocenters. The van der Waals surface area contributed by atoms with Gasteiger partial charge in [-0.2, -0.15) is 0 Å². The number of nitrogens with zero attached hydrogens (tertiary/aromatic N) is 4. The predicted molar refractivity (Wildman–Crippen MR) is 287 cm³/mol. The fraction of sp³-hybridized carbons (Fsp3) is 0. The minimum atomic E-state index is -2.87. The average Bonchev–Trinajstić information content (AvgIpc) is 3.97. The monoisotopic (exact) mass is 898 g/mol. The van der Waals surface area contributed by atoms with Crippen LogP contribution in [0.1, 0.15) is 0 Å². The van der Waals surface area contributed by atoms with Crippen molar-refractivity contribution in [3.63, 3.8) is 0 Å². The van der Waals surface area contributed by atoms with Gasteiger partial charge in [-0.1, -0.05) is 206 Å². The molecule has 0 unspecified atom stereocenters. The molecule has 13 aromatic rings. The summed E-state index contributed by atoms with van der Waals surface area (Å²) < 4.78 is 8.69. The lowest BCUT2D eigenvalue weighted by Gasteiger charge is -2.34. The topological polar surface area (TPSA) is 56.7 Å². The van der Waals surface area contributed by atoms with Crippen LogP contribution in [-0.4, -0.2) is 27.6 Å². The number of fused-ring (bicyclic) bond motifs is 6. The van der Waals surface area contributed by atoms with Gasteiger partial charge in [0.25, 0.3) is 0 Å². The number of hydrogen-bond acceptors (Lipinski definition) is 4. The van der Waals surface area contributed by atoms with Crippen LogP contribution in [0.2, 0.25) is 0 Å². The normalized spacial score (nSPS) is 11.8. The number of rotatable bonds is 9. The zero-order chi connectivity index (χ0) is 45.7. The molecule has 3 heterocycles. The Morgan fingerprint density at radius 1 is 0.304 bits per heavy atom. The van der Waals surface area contributed by atoms with E-state index in [9.17, 15) is 0 Å². The summed E-state index contributed by atoms with van der Waals surface area (Å²) in [6.45, 7) is 0. The lowest BCUT2D eigenvalue weighted by Crippen LogP contribution is -2.74. The van der Waals surface area contributed by atoms with Crippen LogP contribution in [-0.2, 0) is 0 Å². The number of para-hydroxylation sites is 4. The van der Waals surface area contributed by atoms with Crippen molar-refractivity contribution in [3.8, 4) is 51.0 Å². The molecule has 13 rings (SSSR count). The van der Waals surface area contributed by atoms with E-state index in [2.05, 4.69) is 247 Å². The van der Waals surface area contributed by atoms with Crippen molar-refractivity contribution in [2.24, 2.45) is 0 Å². The number of furan rings is 1. The molecule has 0 N–H and O–H groups in total. The Bertz CT molecular complexity index is 3880. The molecule has 324 valence electrons. The summed E-state index contributed by atoms with van der Waals surface area (Å²) in [6.07, 6.45) is 0. The third kappa shape index (κ3) is 6.80. The van der Waals surface area contributed by atoms with Crippen LogP contribution < -0.4 is 20.7 Å². The van der Waals surface area contributed by atoms with Gasteiger partial charge < -0.3 is 8.98 Å². The molecule has 0 aliphatic heterocycles. The first-order chi connectivity index (χ1) is 34.2. The van der Waals surface area contributed by atoms with Crippen LogP contribution in [0.15, 0.2) is 259 Å². The molecule has 10 aromatic carbocycles. The van der Waals surface area contributed by atoms with Crippen molar-refractivity contribution in [3.05, 3.63) is 255 Å². The van der Waals surface area contributed by atoms with E-state index in [1.165, 1.54) is 31.5 Å². The van der Waals surface area contributed by atoms with Gasteiger partial charge in [0.05, 0.1) is 16.7 Å². The number of benzene rings is 10. The largest absolute Gasteiger partial charge is 0.456 e. The standard InChI is InChI=1S/C63H42N4OSi/c1-4-23-47(24-5-1)69(48-25-6-2-7-26-48,49-27-8-3-9-28-49)50-29-19-22-46(41-50)62-64-61(45-21-18-20-43(40-45)44-38-39-54-53-32-13-17-37-59(53)68-60(54)42-44)65-63(66-62)55-33-12-16-36-58(55)67-56-34-14-10-30-51(56)52-31-11-15-35-57(52)67/h1-42H. The highest BCUT2D eigenvalue weighted by Crippen LogP contribution is 2.37. The molecule has 0 fully saturated rings. The van der Waals surface area contributed by atoms with Gasteiger partial charge >= 0.3 is 0 Å². The summed E-state index contributed by atoms with van der Waals surface area (Å²) >= 11 is 0. The van der Waals surface area contributed by atoms with E-state index in [-0.39, 0.29) is 0 Å². The van der Waals surface area contributed by atoms with Gasteiger partial charge in [-0.3, -0.25) is 0 Å². The maximum Gasteiger partial charge on any atom is 0.179 e. The fourth-order valence-corrected chi connectivity index (χ4v) is 15.3. The molecular weight excluding hydrogens is 857 g/mol. The molecule has 5 nitrogen and oxygen atoms in total. The first-order valence-electron chi connectivity index (χ1n) is 23.3.